The molecule has 0 radical (unpaired) electrons. The Labute approximate surface area is 120 Å². The molecule has 0 saturated carbocycles. The van der Waals surface area contributed by atoms with Crippen LogP contribution in [0.3, 0.4) is 0 Å². The first-order valence-corrected chi connectivity index (χ1v) is 7.53. The van der Waals surface area contributed by atoms with Crippen molar-refractivity contribution in [2.75, 3.05) is 32.7 Å². The lowest BCUT2D eigenvalue weighted by Crippen LogP contribution is -2.31. The van der Waals surface area contributed by atoms with E-state index in [9.17, 15) is 4.79 Å². The van der Waals surface area contributed by atoms with Gasteiger partial charge in [0.25, 0.3) is 5.91 Å². The summed E-state index contributed by atoms with van der Waals surface area (Å²) in [7, 11) is 0. The van der Waals surface area contributed by atoms with Crippen molar-refractivity contribution >= 4 is 5.91 Å². The zero-order chi connectivity index (χ0) is 14.4. The van der Waals surface area contributed by atoms with Crippen molar-refractivity contribution in [2.24, 2.45) is 0 Å². The fourth-order valence-corrected chi connectivity index (χ4v) is 2.54. The second kappa shape index (κ2) is 7.40. The Morgan fingerprint density at radius 1 is 1.40 bits per heavy atom. The second-order valence-corrected chi connectivity index (χ2v) is 5.09. The third-order valence-corrected chi connectivity index (χ3v) is 3.85. The molecule has 0 saturated heterocycles. The number of carbonyl (C=O) groups is 1. The van der Waals surface area contributed by atoms with Gasteiger partial charge < -0.3 is 15.5 Å². The van der Waals surface area contributed by atoms with Gasteiger partial charge in [-0.05, 0) is 26.1 Å². The van der Waals surface area contributed by atoms with Gasteiger partial charge in [0.15, 0.2) is 5.69 Å². The van der Waals surface area contributed by atoms with Crippen LogP contribution in [0.5, 0.6) is 0 Å². The van der Waals surface area contributed by atoms with Crippen molar-refractivity contribution in [3.05, 3.63) is 17.0 Å². The van der Waals surface area contributed by atoms with E-state index in [-0.39, 0.29) is 5.91 Å². The van der Waals surface area contributed by atoms with E-state index >= 15 is 0 Å². The van der Waals surface area contributed by atoms with Gasteiger partial charge in [-0.3, -0.25) is 9.89 Å². The molecule has 1 aromatic heterocycles. The Morgan fingerprint density at radius 2 is 2.20 bits per heavy atom. The van der Waals surface area contributed by atoms with E-state index in [0.717, 1.165) is 56.8 Å². The van der Waals surface area contributed by atoms with Gasteiger partial charge in [0.2, 0.25) is 0 Å². The molecule has 112 valence electrons. The van der Waals surface area contributed by atoms with Crippen LogP contribution in [-0.4, -0.2) is 53.7 Å². The monoisotopic (exact) mass is 279 g/mol. The summed E-state index contributed by atoms with van der Waals surface area (Å²) < 4.78 is 0. The normalized spacial score (nSPS) is 14.3. The van der Waals surface area contributed by atoms with Crippen LogP contribution in [0.4, 0.5) is 0 Å². The number of H-pyrrole nitrogens is 1. The van der Waals surface area contributed by atoms with Crippen molar-refractivity contribution in [3.8, 4) is 0 Å². The first-order chi connectivity index (χ1) is 9.76. The largest absolute Gasteiger partial charge is 0.351 e. The quantitative estimate of drug-likeness (QED) is 0.636. The predicted molar refractivity (Wildman–Crippen MR) is 78.7 cm³/mol. The maximum Gasteiger partial charge on any atom is 0.272 e. The van der Waals surface area contributed by atoms with Gasteiger partial charge in [-0.25, -0.2) is 0 Å². The van der Waals surface area contributed by atoms with E-state index in [1.807, 2.05) is 0 Å². The molecule has 0 unspecified atom stereocenters. The summed E-state index contributed by atoms with van der Waals surface area (Å²) in [6.07, 6.45) is 1.88. The van der Waals surface area contributed by atoms with Crippen LogP contribution >= 0.6 is 0 Å². The highest BCUT2D eigenvalue weighted by Gasteiger charge is 2.20. The van der Waals surface area contributed by atoms with Crippen LogP contribution in [0.1, 0.15) is 42.0 Å². The topological polar surface area (TPSA) is 73.0 Å². The van der Waals surface area contributed by atoms with Gasteiger partial charge in [-0.15, -0.1) is 0 Å². The SMILES string of the molecule is CCN(CC)CCCNC(=O)c1n[nH]c2c1CNCC2. The van der Waals surface area contributed by atoms with Crippen molar-refractivity contribution in [1.82, 2.24) is 25.7 Å². The highest BCUT2D eigenvalue weighted by atomic mass is 16.1. The van der Waals surface area contributed by atoms with Crippen LogP contribution in [0.15, 0.2) is 0 Å². The fourth-order valence-electron chi connectivity index (χ4n) is 2.54. The van der Waals surface area contributed by atoms with Gasteiger partial charge in [-0.2, -0.15) is 5.10 Å². The first-order valence-electron chi connectivity index (χ1n) is 7.53. The molecule has 0 aliphatic carbocycles. The maximum absolute atomic E-state index is 12.1. The zero-order valence-corrected chi connectivity index (χ0v) is 12.5. The smallest absolute Gasteiger partial charge is 0.272 e. The molecule has 1 aliphatic heterocycles. The Bertz CT molecular complexity index is 439. The van der Waals surface area contributed by atoms with E-state index in [4.69, 9.17) is 0 Å². The third kappa shape index (κ3) is 3.58. The number of nitrogens with one attached hydrogen (secondary N) is 3. The highest BCUT2D eigenvalue weighted by molar-refractivity contribution is 5.94. The molecule has 3 N–H and O–H groups in total. The van der Waals surface area contributed by atoms with Gasteiger partial charge in [-0.1, -0.05) is 13.8 Å². The molecule has 1 aliphatic rings. The molecule has 6 heteroatoms. The van der Waals surface area contributed by atoms with Crippen LogP contribution in [-0.2, 0) is 13.0 Å². The molecular weight excluding hydrogens is 254 g/mol. The average Bonchev–Trinajstić information content (AvgIpc) is 2.91. The summed E-state index contributed by atoms with van der Waals surface area (Å²) >= 11 is 0. The lowest BCUT2D eigenvalue weighted by atomic mass is 10.1. The van der Waals surface area contributed by atoms with E-state index < -0.39 is 0 Å². The molecule has 0 bridgehead atoms. The van der Waals surface area contributed by atoms with Crippen molar-refractivity contribution in [2.45, 2.75) is 33.2 Å². The van der Waals surface area contributed by atoms with Crippen LogP contribution in [0.25, 0.3) is 0 Å². The first kappa shape index (κ1) is 15.0. The van der Waals surface area contributed by atoms with Gasteiger partial charge in [0, 0.05) is 37.3 Å². The molecule has 2 rings (SSSR count). The Balaban J connectivity index is 1.79. The van der Waals surface area contributed by atoms with Gasteiger partial charge >= 0.3 is 0 Å². The molecule has 2 heterocycles. The number of hydrogen-bond donors (Lipinski definition) is 3. The van der Waals surface area contributed by atoms with E-state index in [1.165, 1.54) is 0 Å². The molecule has 0 aromatic carbocycles. The molecule has 0 atom stereocenters. The summed E-state index contributed by atoms with van der Waals surface area (Å²) in [5.74, 6) is -0.0641. The van der Waals surface area contributed by atoms with E-state index in [0.29, 0.717) is 12.2 Å². The second-order valence-electron chi connectivity index (χ2n) is 5.09. The molecule has 1 amide bonds. The number of rotatable bonds is 7. The Kier molecular flexibility index (Phi) is 5.55. The predicted octanol–water partition coefficient (Wildman–Crippen LogP) is 0.517. The van der Waals surface area contributed by atoms with Gasteiger partial charge in [0.05, 0.1) is 0 Å². The lowest BCUT2D eigenvalue weighted by molar-refractivity contribution is 0.0945. The number of carbonyl (C=O) groups excluding carboxylic acids is 1. The van der Waals surface area contributed by atoms with Crippen molar-refractivity contribution in [3.63, 3.8) is 0 Å². The number of aromatic amines is 1. The summed E-state index contributed by atoms with van der Waals surface area (Å²) in [5.41, 5.74) is 2.67. The van der Waals surface area contributed by atoms with Crippen LogP contribution < -0.4 is 10.6 Å². The number of amides is 1. The summed E-state index contributed by atoms with van der Waals surface area (Å²) in [6, 6.07) is 0. The minimum atomic E-state index is -0.0641. The number of nitrogens with zero attached hydrogens (tertiary/aromatic N) is 2. The minimum Gasteiger partial charge on any atom is -0.351 e. The van der Waals surface area contributed by atoms with Crippen LogP contribution in [0.2, 0.25) is 0 Å². The third-order valence-electron chi connectivity index (χ3n) is 3.85. The molecule has 6 nitrogen and oxygen atoms in total. The number of fused-ring (bicyclic) bond motifs is 1. The average molecular weight is 279 g/mol. The van der Waals surface area contributed by atoms with Crippen molar-refractivity contribution < 1.29 is 4.79 Å². The van der Waals surface area contributed by atoms with Crippen LogP contribution in [0, 0.1) is 0 Å². The number of aromatic nitrogens is 2. The summed E-state index contributed by atoms with van der Waals surface area (Å²) in [5, 5.41) is 13.4. The van der Waals surface area contributed by atoms with E-state index in [2.05, 4.69) is 39.6 Å². The maximum atomic E-state index is 12.1. The molecule has 0 spiro atoms. The molecule has 0 fully saturated rings. The Hall–Kier alpha value is -1.40. The van der Waals surface area contributed by atoms with E-state index in [1.54, 1.807) is 0 Å². The molecule has 20 heavy (non-hydrogen) atoms. The summed E-state index contributed by atoms with van der Waals surface area (Å²) in [6.45, 7) is 9.83. The fraction of sp³-hybridized carbons (Fsp3) is 0.714. The zero-order valence-electron chi connectivity index (χ0n) is 12.5. The minimum absolute atomic E-state index is 0.0641. The lowest BCUT2D eigenvalue weighted by Gasteiger charge is -2.17. The molecule has 1 aromatic rings. The standard InChI is InChI=1S/C14H25N5O/c1-3-19(4-2)9-5-7-16-14(20)13-11-10-15-8-6-12(11)17-18-13/h15H,3-10H2,1-2H3,(H,16,20)(H,17,18). The van der Waals surface area contributed by atoms with Gasteiger partial charge in [0.1, 0.15) is 0 Å². The summed E-state index contributed by atoms with van der Waals surface area (Å²) in [4.78, 5) is 14.5. The molecular formula is C14H25N5O. The highest BCUT2D eigenvalue weighted by Crippen LogP contribution is 2.14. The van der Waals surface area contributed by atoms with Crippen molar-refractivity contribution in [1.29, 1.82) is 0 Å². The Morgan fingerprint density at radius 3 is 2.95 bits per heavy atom. The number of hydrogen-bond acceptors (Lipinski definition) is 4.